The van der Waals surface area contributed by atoms with Gasteiger partial charge in [0.2, 0.25) is 0 Å². The van der Waals surface area contributed by atoms with Gasteiger partial charge in [-0.3, -0.25) is 4.98 Å². The van der Waals surface area contributed by atoms with Crippen molar-refractivity contribution >= 4 is 5.82 Å². The van der Waals surface area contributed by atoms with Gasteiger partial charge in [0, 0.05) is 25.7 Å². The number of anilines is 1. The first-order chi connectivity index (χ1) is 8.67. The first-order valence-corrected chi connectivity index (χ1v) is 6.57. The molecule has 0 amide bonds. The van der Waals surface area contributed by atoms with Gasteiger partial charge in [0.05, 0.1) is 18.1 Å². The van der Waals surface area contributed by atoms with E-state index in [0.717, 1.165) is 37.6 Å². The zero-order valence-corrected chi connectivity index (χ0v) is 11.7. The van der Waals surface area contributed by atoms with E-state index >= 15 is 0 Å². The lowest BCUT2D eigenvalue weighted by molar-refractivity contribution is 0.580. The molecule has 0 fully saturated rings. The van der Waals surface area contributed by atoms with Crippen molar-refractivity contribution in [1.29, 1.82) is 0 Å². The summed E-state index contributed by atoms with van der Waals surface area (Å²) < 4.78 is 0. The molecule has 18 heavy (non-hydrogen) atoms. The normalized spacial score (nSPS) is 10.7. The minimum absolute atomic E-state index is 0.462. The van der Waals surface area contributed by atoms with E-state index in [2.05, 4.69) is 47.5 Å². The monoisotopic (exact) mass is 248 g/mol. The summed E-state index contributed by atoms with van der Waals surface area (Å²) in [6.45, 7) is 12.7. The lowest BCUT2D eigenvalue weighted by Gasteiger charge is -2.21. The minimum Gasteiger partial charge on any atom is -0.352 e. The summed E-state index contributed by atoms with van der Waals surface area (Å²) in [5.41, 5.74) is 0.975. The molecule has 1 heterocycles. The lowest BCUT2D eigenvalue weighted by Crippen LogP contribution is -2.26. The maximum Gasteiger partial charge on any atom is 0.147 e. The van der Waals surface area contributed by atoms with E-state index in [4.69, 9.17) is 0 Å². The van der Waals surface area contributed by atoms with Gasteiger partial charge in [0.25, 0.3) is 0 Å². The second-order valence-electron chi connectivity index (χ2n) is 4.64. The van der Waals surface area contributed by atoms with Crippen LogP contribution < -0.4 is 10.2 Å². The van der Waals surface area contributed by atoms with Gasteiger partial charge in [-0.05, 0) is 6.42 Å². The van der Waals surface area contributed by atoms with Crippen LogP contribution in [0.2, 0.25) is 0 Å². The summed E-state index contributed by atoms with van der Waals surface area (Å²) in [5.74, 6) is 0.921. The van der Waals surface area contributed by atoms with Crippen LogP contribution in [0.5, 0.6) is 0 Å². The van der Waals surface area contributed by atoms with Gasteiger partial charge >= 0.3 is 0 Å². The summed E-state index contributed by atoms with van der Waals surface area (Å²) in [4.78, 5) is 11.1. The number of rotatable bonds is 8. The van der Waals surface area contributed by atoms with Crippen LogP contribution in [0.25, 0.3) is 0 Å². The van der Waals surface area contributed by atoms with Gasteiger partial charge in [0.15, 0.2) is 0 Å². The molecule has 4 nitrogen and oxygen atoms in total. The summed E-state index contributed by atoms with van der Waals surface area (Å²) in [6, 6.07) is 0.462. The molecular weight excluding hydrogens is 224 g/mol. The Kier molecular flexibility index (Phi) is 6.36. The highest BCUT2D eigenvalue weighted by atomic mass is 15.2. The van der Waals surface area contributed by atoms with E-state index in [1.165, 1.54) is 0 Å². The van der Waals surface area contributed by atoms with Gasteiger partial charge < -0.3 is 10.2 Å². The number of aromatic nitrogens is 2. The number of hydrogen-bond acceptors (Lipinski definition) is 4. The van der Waals surface area contributed by atoms with Gasteiger partial charge in [-0.2, -0.15) is 0 Å². The van der Waals surface area contributed by atoms with Gasteiger partial charge in [-0.25, -0.2) is 4.98 Å². The van der Waals surface area contributed by atoms with Crippen molar-refractivity contribution in [1.82, 2.24) is 15.3 Å². The number of nitrogens with one attached hydrogen (secondary N) is 1. The van der Waals surface area contributed by atoms with Crippen molar-refractivity contribution in [2.75, 3.05) is 18.0 Å². The maximum absolute atomic E-state index is 4.47. The first-order valence-electron chi connectivity index (χ1n) is 6.57. The van der Waals surface area contributed by atoms with Gasteiger partial charge in [-0.1, -0.05) is 26.8 Å². The Morgan fingerprint density at radius 3 is 2.67 bits per heavy atom. The molecule has 1 aromatic heterocycles. The molecular formula is C14H24N4. The molecule has 0 atom stereocenters. The third kappa shape index (κ3) is 4.84. The molecule has 1 rings (SSSR count). The number of nitrogens with zero attached hydrogens (tertiary/aromatic N) is 3. The Hall–Kier alpha value is -1.42. The molecule has 100 valence electrons. The highest BCUT2D eigenvalue weighted by Gasteiger charge is 2.06. The Balaban J connectivity index is 2.64. The molecule has 1 aromatic rings. The van der Waals surface area contributed by atoms with Crippen LogP contribution in [0.3, 0.4) is 0 Å². The minimum atomic E-state index is 0.462. The van der Waals surface area contributed by atoms with Crippen molar-refractivity contribution in [2.45, 2.75) is 39.8 Å². The Bertz CT molecular complexity index is 345. The molecule has 0 saturated carbocycles. The quantitative estimate of drug-likeness (QED) is 0.717. The van der Waals surface area contributed by atoms with Gasteiger partial charge in [-0.15, -0.1) is 6.58 Å². The Labute approximate surface area is 110 Å². The molecule has 1 N–H and O–H groups in total. The fourth-order valence-corrected chi connectivity index (χ4v) is 1.64. The van der Waals surface area contributed by atoms with Gasteiger partial charge in [0.1, 0.15) is 5.82 Å². The van der Waals surface area contributed by atoms with Crippen LogP contribution in [0.1, 0.15) is 32.9 Å². The van der Waals surface area contributed by atoms with E-state index in [9.17, 15) is 0 Å². The molecule has 0 aromatic carbocycles. The zero-order chi connectivity index (χ0) is 13.4. The molecule has 0 aliphatic heterocycles. The first kappa shape index (κ1) is 14.6. The molecule has 4 heteroatoms. The summed E-state index contributed by atoms with van der Waals surface area (Å²) in [6.07, 6.45) is 6.67. The summed E-state index contributed by atoms with van der Waals surface area (Å²) >= 11 is 0. The molecule has 0 bridgehead atoms. The van der Waals surface area contributed by atoms with E-state index in [1.807, 2.05) is 18.5 Å². The largest absolute Gasteiger partial charge is 0.352 e. The van der Waals surface area contributed by atoms with Crippen molar-refractivity contribution < 1.29 is 0 Å². The lowest BCUT2D eigenvalue weighted by atomic mass is 10.3. The van der Waals surface area contributed by atoms with E-state index in [1.54, 1.807) is 0 Å². The average molecular weight is 248 g/mol. The van der Waals surface area contributed by atoms with Crippen LogP contribution in [0.4, 0.5) is 5.82 Å². The predicted molar refractivity (Wildman–Crippen MR) is 76.7 cm³/mol. The molecule has 0 unspecified atom stereocenters. The highest BCUT2D eigenvalue weighted by molar-refractivity contribution is 5.36. The maximum atomic E-state index is 4.47. The molecule has 0 saturated heterocycles. The van der Waals surface area contributed by atoms with Crippen molar-refractivity contribution in [3.8, 4) is 0 Å². The molecule has 0 aliphatic carbocycles. The summed E-state index contributed by atoms with van der Waals surface area (Å²) in [5, 5.41) is 3.33. The average Bonchev–Trinajstić information content (AvgIpc) is 2.37. The second-order valence-corrected chi connectivity index (χ2v) is 4.64. The van der Waals surface area contributed by atoms with Crippen LogP contribution in [-0.2, 0) is 6.54 Å². The van der Waals surface area contributed by atoms with Crippen molar-refractivity contribution in [2.24, 2.45) is 0 Å². The highest BCUT2D eigenvalue weighted by Crippen LogP contribution is 2.09. The van der Waals surface area contributed by atoms with E-state index < -0.39 is 0 Å². The van der Waals surface area contributed by atoms with E-state index in [-0.39, 0.29) is 0 Å². The molecule has 0 spiro atoms. The molecule has 0 aliphatic rings. The Morgan fingerprint density at radius 1 is 1.39 bits per heavy atom. The fourth-order valence-electron chi connectivity index (χ4n) is 1.64. The van der Waals surface area contributed by atoms with Crippen LogP contribution in [0.15, 0.2) is 25.0 Å². The predicted octanol–water partition coefficient (Wildman–Crippen LogP) is 2.38. The smallest absolute Gasteiger partial charge is 0.147 e. The van der Waals surface area contributed by atoms with Crippen molar-refractivity contribution in [3.63, 3.8) is 0 Å². The van der Waals surface area contributed by atoms with Crippen LogP contribution in [0, 0.1) is 0 Å². The second kappa shape index (κ2) is 7.82. The SMILES string of the molecule is C=CCN(CCC)c1cnc(CNC(C)C)cn1. The van der Waals surface area contributed by atoms with Crippen molar-refractivity contribution in [3.05, 3.63) is 30.7 Å². The summed E-state index contributed by atoms with van der Waals surface area (Å²) in [7, 11) is 0. The topological polar surface area (TPSA) is 41.1 Å². The standard InChI is InChI=1S/C14H24N4/c1-5-7-18(8-6-2)14-11-16-13(10-17-14)9-15-12(3)4/h5,10-12,15H,1,6-9H2,2-4H3. The Morgan fingerprint density at radius 2 is 2.17 bits per heavy atom. The fraction of sp³-hybridized carbons (Fsp3) is 0.571. The third-order valence-corrected chi connectivity index (χ3v) is 2.55. The van der Waals surface area contributed by atoms with Crippen LogP contribution >= 0.6 is 0 Å². The zero-order valence-electron chi connectivity index (χ0n) is 11.7. The molecule has 0 radical (unpaired) electrons. The van der Waals surface area contributed by atoms with Crippen LogP contribution in [-0.4, -0.2) is 29.1 Å². The van der Waals surface area contributed by atoms with E-state index in [0.29, 0.717) is 6.04 Å². The third-order valence-electron chi connectivity index (χ3n) is 2.55. The number of hydrogen-bond donors (Lipinski definition) is 1.